The van der Waals surface area contributed by atoms with Crippen molar-refractivity contribution in [2.24, 2.45) is 0 Å². The number of rotatable bonds is 5. The van der Waals surface area contributed by atoms with Gasteiger partial charge >= 0.3 is 0 Å². The molecule has 1 aromatic carbocycles. The fourth-order valence-electron chi connectivity index (χ4n) is 4.09. The lowest BCUT2D eigenvalue weighted by Crippen LogP contribution is -2.50. The van der Waals surface area contributed by atoms with Crippen molar-refractivity contribution in [3.63, 3.8) is 0 Å². The number of amides is 1. The van der Waals surface area contributed by atoms with Gasteiger partial charge in [-0.1, -0.05) is 35.5 Å². The van der Waals surface area contributed by atoms with E-state index in [1.165, 1.54) is 5.56 Å². The molecule has 0 N–H and O–H groups in total. The molecule has 1 aromatic heterocycles. The molecule has 0 unspecified atom stereocenters. The van der Waals surface area contributed by atoms with Gasteiger partial charge in [-0.15, -0.1) is 0 Å². The van der Waals surface area contributed by atoms with Crippen LogP contribution in [0.4, 0.5) is 0 Å². The molecular weight excluding hydrogens is 354 g/mol. The van der Waals surface area contributed by atoms with E-state index in [1.807, 2.05) is 11.8 Å². The zero-order valence-corrected chi connectivity index (χ0v) is 16.6. The van der Waals surface area contributed by atoms with Crippen LogP contribution in [0.5, 0.6) is 0 Å². The molecule has 0 saturated carbocycles. The van der Waals surface area contributed by atoms with E-state index < -0.39 is 0 Å². The van der Waals surface area contributed by atoms with Crippen LogP contribution in [0.1, 0.15) is 36.0 Å². The van der Waals surface area contributed by atoms with Crippen LogP contribution >= 0.6 is 0 Å². The second-order valence-electron chi connectivity index (χ2n) is 7.87. The van der Waals surface area contributed by atoms with Crippen LogP contribution in [0, 0.1) is 6.92 Å². The molecule has 0 aliphatic carbocycles. The first-order chi connectivity index (χ1) is 13.7. The summed E-state index contributed by atoms with van der Waals surface area (Å²) in [6.07, 6.45) is 1.80. The van der Waals surface area contributed by atoms with Gasteiger partial charge in [0.25, 0.3) is 0 Å². The monoisotopic (exact) mass is 383 g/mol. The van der Waals surface area contributed by atoms with Crippen LogP contribution in [0.25, 0.3) is 0 Å². The van der Waals surface area contributed by atoms with E-state index in [0.717, 1.165) is 64.5 Å². The topological polar surface area (TPSA) is 65.7 Å². The molecule has 0 atom stereocenters. The average Bonchev–Trinajstić information content (AvgIpc) is 3.17. The van der Waals surface area contributed by atoms with Gasteiger partial charge in [0.2, 0.25) is 11.8 Å². The molecule has 2 aromatic rings. The summed E-state index contributed by atoms with van der Waals surface area (Å²) in [5.41, 5.74) is 1.35. The number of aromatic nitrogens is 2. The third-order valence-electron chi connectivity index (χ3n) is 5.81. The molecule has 150 valence electrons. The molecule has 0 bridgehead atoms. The molecule has 2 saturated heterocycles. The Kier molecular flexibility index (Phi) is 6.02. The number of carbonyl (C=O) groups excluding carboxylic acids is 1. The number of benzene rings is 1. The number of nitrogens with zero attached hydrogens (tertiary/aromatic N) is 5. The predicted octanol–water partition coefficient (Wildman–Crippen LogP) is 1.90. The highest BCUT2D eigenvalue weighted by Crippen LogP contribution is 2.26. The Morgan fingerprint density at radius 1 is 1.04 bits per heavy atom. The number of aryl methyl sites for hydroxylation is 1. The van der Waals surface area contributed by atoms with Crippen LogP contribution in [0.3, 0.4) is 0 Å². The van der Waals surface area contributed by atoms with E-state index in [-0.39, 0.29) is 11.8 Å². The minimum Gasteiger partial charge on any atom is -0.342 e. The molecule has 4 rings (SSSR count). The van der Waals surface area contributed by atoms with Crippen molar-refractivity contribution in [1.29, 1.82) is 0 Å². The van der Waals surface area contributed by atoms with Crippen molar-refractivity contribution in [3.05, 3.63) is 47.6 Å². The summed E-state index contributed by atoms with van der Waals surface area (Å²) in [5.74, 6) is 1.93. The Labute approximate surface area is 166 Å². The Morgan fingerprint density at radius 2 is 1.71 bits per heavy atom. The number of likely N-dealkylation sites (tertiary alicyclic amines) is 1. The molecule has 7 heteroatoms. The average molecular weight is 383 g/mol. The van der Waals surface area contributed by atoms with Crippen molar-refractivity contribution in [2.45, 2.75) is 32.2 Å². The Bertz CT molecular complexity index is 762. The van der Waals surface area contributed by atoms with Gasteiger partial charge < -0.3 is 9.42 Å². The van der Waals surface area contributed by atoms with Crippen LogP contribution in [-0.2, 0) is 11.3 Å². The first kappa shape index (κ1) is 19.1. The molecule has 3 heterocycles. The second kappa shape index (κ2) is 8.84. The fourth-order valence-corrected chi connectivity index (χ4v) is 4.09. The first-order valence-corrected chi connectivity index (χ1v) is 10.2. The van der Waals surface area contributed by atoms with Crippen LogP contribution < -0.4 is 0 Å². The smallest absolute Gasteiger partial charge is 0.236 e. The van der Waals surface area contributed by atoms with E-state index in [4.69, 9.17) is 4.52 Å². The summed E-state index contributed by atoms with van der Waals surface area (Å²) >= 11 is 0. The molecule has 2 aliphatic heterocycles. The zero-order chi connectivity index (χ0) is 19.3. The highest BCUT2D eigenvalue weighted by atomic mass is 16.5. The summed E-state index contributed by atoms with van der Waals surface area (Å²) in [6.45, 7) is 8.85. The Morgan fingerprint density at radius 3 is 2.36 bits per heavy atom. The molecule has 0 spiro atoms. The van der Waals surface area contributed by atoms with E-state index >= 15 is 0 Å². The van der Waals surface area contributed by atoms with Crippen LogP contribution in [0.15, 0.2) is 34.9 Å². The van der Waals surface area contributed by atoms with Gasteiger partial charge in [-0.05, 0) is 25.3 Å². The maximum absolute atomic E-state index is 12.7. The zero-order valence-electron chi connectivity index (χ0n) is 16.6. The summed E-state index contributed by atoms with van der Waals surface area (Å²) < 4.78 is 5.30. The van der Waals surface area contributed by atoms with Crippen molar-refractivity contribution >= 4 is 5.91 Å². The predicted molar refractivity (Wildman–Crippen MR) is 106 cm³/mol. The maximum atomic E-state index is 12.7. The highest BCUT2D eigenvalue weighted by molar-refractivity contribution is 5.78. The number of hydrogen-bond acceptors (Lipinski definition) is 6. The van der Waals surface area contributed by atoms with E-state index in [1.54, 1.807) is 0 Å². The Hall–Kier alpha value is -2.25. The molecule has 2 aliphatic rings. The third kappa shape index (κ3) is 4.77. The summed E-state index contributed by atoms with van der Waals surface area (Å²) in [6, 6.07) is 10.6. The molecule has 2 fully saturated rings. The lowest BCUT2D eigenvalue weighted by atomic mass is 9.96. The van der Waals surface area contributed by atoms with E-state index in [9.17, 15) is 4.79 Å². The van der Waals surface area contributed by atoms with Gasteiger partial charge in [0, 0.05) is 51.7 Å². The second-order valence-corrected chi connectivity index (χ2v) is 7.87. The number of piperidine rings is 1. The van der Waals surface area contributed by atoms with Gasteiger partial charge in [0.15, 0.2) is 5.82 Å². The number of hydrogen-bond donors (Lipinski definition) is 0. The number of carbonyl (C=O) groups is 1. The molecule has 1 amide bonds. The third-order valence-corrected chi connectivity index (χ3v) is 5.81. The fraction of sp³-hybridized carbons (Fsp3) is 0.571. The van der Waals surface area contributed by atoms with Crippen molar-refractivity contribution < 1.29 is 9.32 Å². The normalized spacial score (nSPS) is 19.8. The molecule has 0 radical (unpaired) electrons. The minimum absolute atomic E-state index is 0.247. The van der Waals surface area contributed by atoms with E-state index in [2.05, 4.69) is 50.3 Å². The van der Waals surface area contributed by atoms with Gasteiger partial charge in [0.05, 0.1) is 6.54 Å². The van der Waals surface area contributed by atoms with Crippen LogP contribution in [-0.4, -0.2) is 76.6 Å². The van der Waals surface area contributed by atoms with Gasteiger partial charge in [-0.3, -0.25) is 14.6 Å². The lowest BCUT2D eigenvalue weighted by Gasteiger charge is -2.36. The minimum atomic E-state index is 0.247. The SMILES string of the molecule is Cc1noc(C2CCN(C(=O)CN3CCN(Cc4ccccc4)CC3)CC2)n1. The quantitative estimate of drug-likeness (QED) is 0.786. The Balaban J connectivity index is 1.19. The summed E-state index contributed by atoms with van der Waals surface area (Å²) in [5, 5.41) is 3.88. The molecule has 28 heavy (non-hydrogen) atoms. The van der Waals surface area contributed by atoms with Gasteiger partial charge in [0.1, 0.15) is 0 Å². The van der Waals surface area contributed by atoms with E-state index in [0.29, 0.717) is 12.4 Å². The molecule has 7 nitrogen and oxygen atoms in total. The first-order valence-electron chi connectivity index (χ1n) is 10.2. The lowest BCUT2D eigenvalue weighted by molar-refractivity contribution is -0.134. The highest BCUT2D eigenvalue weighted by Gasteiger charge is 2.28. The standard InChI is InChI=1S/C21H29N5O2/c1-17-22-21(28-23-17)19-7-9-26(10-8-19)20(27)16-25-13-11-24(12-14-25)15-18-5-3-2-4-6-18/h2-6,19H,7-16H2,1H3. The van der Waals surface area contributed by atoms with Gasteiger partial charge in [-0.25, -0.2) is 0 Å². The van der Waals surface area contributed by atoms with Crippen molar-refractivity contribution in [1.82, 2.24) is 24.8 Å². The van der Waals surface area contributed by atoms with Crippen LogP contribution in [0.2, 0.25) is 0 Å². The van der Waals surface area contributed by atoms with Crippen molar-refractivity contribution in [2.75, 3.05) is 45.8 Å². The molecular formula is C21H29N5O2. The maximum Gasteiger partial charge on any atom is 0.236 e. The van der Waals surface area contributed by atoms with Crippen molar-refractivity contribution in [3.8, 4) is 0 Å². The van der Waals surface area contributed by atoms with Gasteiger partial charge in [-0.2, -0.15) is 4.98 Å². The summed E-state index contributed by atoms with van der Waals surface area (Å²) in [7, 11) is 0. The largest absolute Gasteiger partial charge is 0.342 e. The number of piperazine rings is 1. The summed E-state index contributed by atoms with van der Waals surface area (Å²) in [4.78, 5) is 23.8.